The van der Waals surface area contributed by atoms with E-state index in [4.69, 9.17) is 5.73 Å². The second kappa shape index (κ2) is 32.3. The molecular formula is C58H86N14O15. The topological polar surface area (TPSA) is 439 Å². The summed E-state index contributed by atoms with van der Waals surface area (Å²) in [5.74, 6) is -12.0. The fourth-order valence-corrected chi connectivity index (χ4v) is 10.5. The highest BCUT2D eigenvalue weighted by atomic mass is 16.4. The maximum absolute atomic E-state index is 14.7. The molecule has 2 aliphatic rings. The van der Waals surface area contributed by atoms with Crippen LogP contribution in [0, 0.1) is 23.7 Å². The Labute approximate surface area is 504 Å². The Morgan fingerprint density at radius 1 is 0.632 bits per heavy atom. The molecule has 4 heterocycles. The molecule has 0 unspecified atom stereocenters. The summed E-state index contributed by atoms with van der Waals surface area (Å²) in [6, 6.07) is -5.45. The molecule has 1 aromatic carbocycles. The summed E-state index contributed by atoms with van der Waals surface area (Å²) in [5, 5.41) is 50.4. The van der Waals surface area contributed by atoms with E-state index in [1.54, 1.807) is 47.7 Å². The van der Waals surface area contributed by atoms with Gasteiger partial charge >= 0.3 is 11.9 Å². The first-order valence-corrected chi connectivity index (χ1v) is 29.5. The number of carbonyl (C=O) groups is 12. The minimum atomic E-state index is -1.54. The molecule has 0 bridgehead atoms. The van der Waals surface area contributed by atoms with Crippen molar-refractivity contribution in [2.75, 3.05) is 26.2 Å². The normalized spacial score (nSPS) is 17.8. The number of nitrogens with two attached hydrogens (primary N) is 1. The van der Waals surface area contributed by atoms with Crippen molar-refractivity contribution in [2.24, 2.45) is 29.4 Å². The number of likely N-dealkylation sites (tertiary alicyclic amines) is 2. The highest BCUT2D eigenvalue weighted by Gasteiger charge is 2.42. The van der Waals surface area contributed by atoms with Crippen molar-refractivity contribution in [1.82, 2.24) is 67.3 Å². The number of hydrogen-bond donors (Lipinski definition) is 14. The van der Waals surface area contributed by atoms with Gasteiger partial charge in [-0.3, -0.25) is 52.7 Å². The number of carbonyl (C=O) groups excluding carboxylic acids is 10. The Hall–Kier alpha value is -8.47. The number of fused-ring (bicyclic) bond motifs is 1. The Bertz CT molecular complexity index is 2930. The van der Waals surface area contributed by atoms with E-state index in [1.165, 1.54) is 22.3 Å². The van der Waals surface area contributed by atoms with E-state index in [-0.39, 0.29) is 51.1 Å². The zero-order valence-corrected chi connectivity index (χ0v) is 50.5. The number of aliphatic carboxylic acids is 2. The van der Waals surface area contributed by atoms with Crippen molar-refractivity contribution < 1.29 is 72.9 Å². The summed E-state index contributed by atoms with van der Waals surface area (Å²) >= 11 is 0. The second-order valence-corrected chi connectivity index (χ2v) is 23.6. The minimum absolute atomic E-state index is 0.0692. The molecule has 0 radical (unpaired) electrons. The number of nitrogens with zero attached hydrogens (tertiary/aromatic N) is 3. The third-order valence-corrected chi connectivity index (χ3v) is 15.3. The van der Waals surface area contributed by atoms with Gasteiger partial charge in [0.25, 0.3) is 0 Å². The van der Waals surface area contributed by atoms with Gasteiger partial charge in [0.2, 0.25) is 59.1 Å². The fourth-order valence-electron chi connectivity index (χ4n) is 10.5. The Morgan fingerprint density at radius 3 is 1.77 bits per heavy atom. The number of para-hydroxylation sites is 1. The number of aromatic amines is 2. The van der Waals surface area contributed by atoms with Gasteiger partial charge in [-0.15, -0.1) is 0 Å². The van der Waals surface area contributed by atoms with Crippen LogP contribution in [-0.2, 0) is 70.4 Å². The molecule has 478 valence electrons. The van der Waals surface area contributed by atoms with Gasteiger partial charge < -0.3 is 83.4 Å². The van der Waals surface area contributed by atoms with Crippen molar-refractivity contribution in [3.63, 3.8) is 0 Å². The largest absolute Gasteiger partial charge is 0.481 e. The number of aliphatic hydroxyl groups is 1. The Morgan fingerprint density at radius 2 is 1.18 bits per heavy atom. The van der Waals surface area contributed by atoms with Gasteiger partial charge in [0.15, 0.2) is 0 Å². The summed E-state index contributed by atoms with van der Waals surface area (Å²) < 4.78 is 0. The van der Waals surface area contributed by atoms with E-state index in [0.717, 1.165) is 10.9 Å². The lowest BCUT2D eigenvalue weighted by Gasteiger charge is -2.32. The van der Waals surface area contributed by atoms with Crippen LogP contribution in [-0.4, -0.2) is 198 Å². The highest BCUT2D eigenvalue weighted by molar-refractivity contribution is 5.99. The quantitative estimate of drug-likeness (QED) is 0.0337. The van der Waals surface area contributed by atoms with Crippen LogP contribution < -0.4 is 48.3 Å². The molecule has 87 heavy (non-hydrogen) atoms. The van der Waals surface area contributed by atoms with E-state index >= 15 is 0 Å². The molecule has 2 aromatic heterocycles. The molecule has 10 amide bonds. The third kappa shape index (κ3) is 19.5. The number of benzene rings is 1. The summed E-state index contributed by atoms with van der Waals surface area (Å²) in [5.41, 5.74) is 7.34. The van der Waals surface area contributed by atoms with E-state index in [2.05, 4.69) is 57.5 Å². The number of aromatic nitrogens is 3. The zero-order valence-electron chi connectivity index (χ0n) is 50.5. The van der Waals surface area contributed by atoms with Crippen molar-refractivity contribution in [2.45, 2.75) is 174 Å². The number of hydrogen-bond acceptors (Lipinski definition) is 15. The zero-order chi connectivity index (χ0) is 64.4. The first-order chi connectivity index (χ1) is 41.1. The molecule has 2 fully saturated rings. The van der Waals surface area contributed by atoms with Crippen LogP contribution in [0.5, 0.6) is 0 Å². The molecular weight excluding hydrogens is 1130 g/mol. The second-order valence-electron chi connectivity index (χ2n) is 23.6. The number of rotatable bonds is 32. The Kier molecular flexibility index (Phi) is 25.7. The average Bonchev–Trinajstić information content (AvgIpc) is 2.38. The summed E-state index contributed by atoms with van der Waals surface area (Å²) in [7, 11) is 0. The van der Waals surface area contributed by atoms with Crippen LogP contribution in [0.3, 0.4) is 0 Å². The standard InChI is InChI=1S/C58H86N14O15/c1-29(2)21-40(57(85)72-20-12-16-43(72)53(81)70-48(32(7)8)55(83)64-38(17-18-45(75)76)50(78)67-41(58(86)87)23-34-25-60-28-63-34)66-56(84)47(31(5)6)69-51(79)39(22-33-24-61-37-14-10-9-13-35(33)37)65-52(80)42-15-11-19-71(42)44(74)26-62-54(82)46(30(3)4)68-49(77)36(59)27-73/h9-10,13-14,24-25,28-32,36,38-43,46-48,61,73H,11-12,15-23,26-27,59H2,1-8H3,(H,60,63)(H,62,82)(H,64,83)(H,65,80)(H,66,84)(H,67,78)(H,68,77)(H,69,79)(H,70,81)(H,75,76)(H,86,87)/t36-,38-,39-,40-,41-,42-,43-,46-,47-,48-/m0/s1. The van der Waals surface area contributed by atoms with Crippen molar-refractivity contribution in [3.8, 4) is 0 Å². The van der Waals surface area contributed by atoms with Gasteiger partial charge in [-0.2, -0.15) is 0 Å². The summed E-state index contributed by atoms with van der Waals surface area (Å²) in [6.45, 7) is 12.6. The van der Waals surface area contributed by atoms with Crippen molar-refractivity contribution >= 4 is 81.9 Å². The predicted molar refractivity (Wildman–Crippen MR) is 314 cm³/mol. The van der Waals surface area contributed by atoms with Gasteiger partial charge in [-0.25, -0.2) is 9.78 Å². The molecule has 15 N–H and O–H groups in total. The van der Waals surface area contributed by atoms with Crippen LogP contribution >= 0.6 is 0 Å². The number of aliphatic hydroxyl groups excluding tert-OH is 1. The molecule has 29 heteroatoms. The Balaban J connectivity index is 1.30. The molecule has 0 saturated carbocycles. The first kappa shape index (κ1) is 69.3. The van der Waals surface area contributed by atoms with Crippen LogP contribution in [0.4, 0.5) is 0 Å². The van der Waals surface area contributed by atoms with Crippen LogP contribution in [0.2, 0.25) is 0 Å². The molecule has 0 aliphatic carbocycles. The maximum Gasteiger partial charge on any atom is 0.326 e. The maximum atomic E-state index is 14.7. The van der Waals surface area contributed by atoms with Gasteiger partial charge in [0.05, 0.1) is 25.2 Å². The van der Waals surface area contributed by atoms with Crippen LogP contribution in [0.1, 0.15) is 112 Å². The van der Waals surface area contributed by atoms with E-state index in [9.17, 15) is 72.9 Å². The van der Waals surface area contributed by atoms with Crippen LogP contribution in [0.15, 0.2) is 43.0 Å². The fraction of sp³-hybridized carbons (Fsp3) is 0.603. The molecule has 29 nitrogen and oxygen atoms in total. The molecule has 2 aliphatic heterocycles. The smallest absolute Gasteiger partial charge is 0.326 e. The predicted octanol–water partition coefficient (Wildman–Crippen LogP) is -1.55. The molecule has 3 aromatic rings. The number of H-pyrrole nitrogens is 2. The summed E-state index contributed by atoms with van der Waals surface area (Å²) in [4.78, 5) is 176. The molecule has 5 rings (SSSR count). The number of imidazole rings is 1. The number of amides is 10. The van der Waals surface area contributed by atoms with Gasteiger partial charge in [-0.1, -0.05) is 73.6 Å². The number of carboxylic acid groups (broad SMARTS) is 2. The number of nitrogens with one attached hydrogen (secondary N) is 10. The lowest BCUT2D eigenvalue weighted by atomic mass is 9.98. The molecule has 0 spiro atoms. The minimum Gasteiger partial charge on any atom is -0.481 e. The number of carboxylic acids is 2. The van der Waals surface area contributed by atoms with Gasteiger partial charge in [0.1, 0.15) is 60.4 Å². The SMILES string of the molecule is CC(C)C[C@H](NC(=O)[C@@H](NC(=O)[C@H](Cc1c[nH]c2ccccc12)NC(=O)[C@@H]1CCCN1C(=O)CNC(=O)[C@@H](NC(=O)[C@@H](N)CO)C(C)C)C(C)C)C(=O)N1CCC[C@H]1C(=O)N[C@H](C(=O)N[C@@H](CCC(=O)O)C(=O)N[C@@H](Cc1c[nH]cn1)C(=O)O)C(C)C. The molecule has 2 saturated heterocycles. The third-order valence-electron chi connectivity index (χ3n) is 15.3. The van der Waals surface area contributed by atoms with Crippen LogP contribution in [0.25, 0.3) is 10.9 Å². The van der Waals surface area contributed by atoms with Gasteiger partial charge in [0, 0.05) is 55.6 Å². The first-order valence-electron chi connectivity index (χ1n) is 29.5. The molecule has 10 atom stereocenters. The average molecular weight is 1220 g/mol. The van der Waals surface area contributed by atoms with Crippen molar-refractivity contribution in [3.05, 3.63) is 54.2 Å². The lowest BCUT2D eigenvalue weighted by Crippen LogP contribution is -2.61. The highest BCUT2D eigenvalue weighted by Crippen LogP contribution is 2.24. The van der Waals surface area contributed by atoms with Crippen molar-refractivity contribution in [1.29, 1.82) is 0 Å². The van der Waals surface area contributed by atoms with E-state index in [0.29, 0.717) is 24.1 Å². The summed E-state index contributed by atoms with van der Waals surface area (Å²) in [6.07, 6.45) is 4.42. The van der Waals surface area contributed by atoms with E-state index in [1.807, 2.05) is 38.1 Å². The van der Waals surface area contributed by atoms with E-state index < -0.39 is 175 Å². The van der Waals surface area contributed by atoms with Gasteiger partial charge in [-0.05, 0) is 73.8 Å². The monoisotopic (exact) mass is 1220 g/mol. The lowest BCUT2D eigenvalue weighted by molar-refractivity contribution is -0.144.